The zero-order valence-electron chi connectivity index (χ0n) is 15.3. The van der Waals surface area contributed by atoms with Crippen molar-refractivity contribution in [3.8, 4) is 6.01 Å². The highest BCUT2D eigenvalue weighted by Gasteiger charge is 2.48. The number of pyridine rings is 1. The number of H-pyrrole nitrogens is 1. The van der Waals surface area contributed by atoms with Gasteiger partial charge >= 0.3 is 9.28 Å². The Morgan fingerprint density at radius 3 is 2.80 bits per heavy atom. The average molecular weight is 363 g/mol. The van der Waals surface area contributed by atoms with Gasteiger partial charge < -0.3 is 23.3 Å². The third-order valence-electron chi connectivity index (χ3n) is 4.77. The van der Waals surface area contributed by atoms with Gasteiger partial charge in [0.25, 0.3) is 6.01 Å². The maximum absolute atomic E-state index is 6.28. The molecule has 0 aromatic carbocycles. The minimum Gasteiger partial charge on any atom is -0.456 e. The summed E-state index contributed by atoms with van der Waals surface area (Å²) >= 11 is 0. The van der Waals surface area contributed by atoms with Crippen molar-refractivity contribution in [1.29, 1.82) is 0 Å². The summed E-state index contributed by atoms with van der Waals surface area (Å²) in [5, 5.41) is 0.0381. The van der Waals surface area contributed by atoms with Crippen molar-refractivity contribution in [1.82, 2.24) is 15.0 Å². The summed E-state index contributed by atoms with van der Waals surface area (Å²) < 4.78 is 24.1. The maximum atomic E-state index is 6.28. The predicted molar refractivity (Wildman–Crippen MR) is 95.2 cm³/mol. The molecule has 1 N–H and O–H groups in total. The molecule has 2 aliphatic heterocycles. The van der Waals surface area contributed by atoms with Gasteiger partial charge in [-0.3, -0.25) is 0 Å². The Balaban J connectivity index is 1.52. The van der Waals surface area contributed by atoms with Gasteiger partial charge in [-0.1, -0.05) is 20.8 Å². The predicted octanol–water partition coefficient (Wildman–Crippen LogP) is 2.16. The Morgan fingerprint density at radius 1 is 1.24 bits per heavy atom. The number of aromatic amines is 1. The molecule has 2 saturated heterocycles. The van der Waals surface area contributed by atoms with E-state index in [0.717, 1.165) is 16.8 Å². The maximum Gasteiger partial charge on any atom is 0.327 e. The number of hydrogen-bond donors (Lipinski definition) is 1. The van der Waals surface area contributed by atoms with Gasteiger partial charge in [0.05, 0.1) is 18.7 Å². The summed E-state index contributed by atoms with van der Waals surface area (Å²) in [6, 6.07) is 2.50. The van der Waals surface area contributed by atoms with Crippen molar-refractivity contribution < 1.29 is 18.3 Å². The molecule has 2 fully saturated rings. The van der Waals surface area contributed by atoms with E-state index in [1.165, 1.54) is 0 Å². The Bertz CT molecular complexity index is 749. The zero-order valence-corrected chi connectivity index (χ0v) is 16.5. The van der Waals surface area contributed by atoms with Crippen LogP contribution >= 0.6 is 0 Å². The summed E-state index contributed by atoms with van der Waals surface area (Å²) in [5.41, 5.74) is 3.65. The lowest BCUT2D eigenvalue weighted by Gasteiger charge is -2.38. The van der Waals surface area contributed by atoms with Crippen LogP contribution in [-0.2, 0) is 13.6 Å². The second-order valence-electron chi connectivity index (χ2n) is 7.96. The van der Waals surface area contributed by atoms with Crippen molar-refractivity contribution in [3.63, 3.8) is 0 Å². The molecule has 7 nitrogen and oxygen atoms in total. The molecule has 0 amide bonds. The molecule has 0 radical (unpaired) electrons. The van der Waals surface area contributed by atoms with E-state index in [9.17, 15) is 0 Å². The third-order valence-corrected chi connectivity index (χ3v) is 7.24. The smallest absolute Gasteiger partial charge is 0.327 e. The highest BCUT2D eigenvalue weighted by molar-refractivity contribution is 6.48. The first-order valence-corrected chi connectivity index (χ1v) is 10.2. The Kier molecular flexibility index (Phi) is 4.10. The van der Waals surface area contributed by atoms with Crippen molar-refractivity contribution in [2.75, 3.05) is 13.2 Å². The van der Waals surface area contributed by atoms with Crippen LogP contribution in [0.15, 0.2) is 6.07 Å². The van der Waals surface area contributed by atoms with Gasteiger partial charge in [-0.05, 0) is 25.5 Å². The summed E-state index contributed by atoms with van der Waals surface area (Å²) in [4.78, 5) is 12.2. The van der Waals surface area contributed by atoms with Crippen LogP contribution in [0.4, 0.5) is 0 Å². The molecule has 136 valence electrons. The van der Waals surface area contributed by atoms with Crippen LogP contribution in [0.25, 0.3) is 11.2 Å². The molecule has 4 rings (SSSR count). The van der Waals surface area contributed by atoms with Gasteiger partial charge in [-0.25, -0.2) is 4.98 Å². The molecule has 0 bridgehead atoms. The van der Waals surface area contributed by atoms with Gasteiger partial charge in [0.1, 0.15) is 12.2 Å². The summed E-state index contributed by atoms with van der Waals surface area (Å²) in [5.74, 6) is 0. The molecule has 1 unspecified atom stereocenters. The fraction of sp³-hybridized carbons (Fsp3) is 0.647. The van der Waals surface area contributed by atoms with Crippen LogP contribution in [-0.4, -0.2) is 55.8 Å². The van der Waals surface area contributed by atoms with Crippen LogP contribution in [0.5, 0.6) is 6.01 Å². The first-order chi connectivity index (χ1) is 11.8. The number of rotatable bonds is 2. The molecule has 2 aliphatic rings. The minimum absolute atomic E-state index is 0.0381. The fourth-order valence-corrected chi connectivity index (χ4v) is 5.18. The molecule has 0 saturated carbocycles. The van der Waals surface area contributed by atoms with E-state index in [1.54, 1.807) is 0 Å². The van der Waals surface area contributed by atoms with Crippen LogP contribution in [0.2, 0.25) is 5.04 Å². The van der Waals surface area contributed by atoms with E-state index < -0.39 is 9.28 Å². The normalized spacial score (nSPS) is 29.8. The van der Waals surface area contributed by atoms with E-state index in [2.05, 4.69) is 35.7 Å². The van der Waals surface area contributed by atoms with Crippen molar-refractivity contribution in [2.45, 2.75) is 58.0 Å². The van der Waals surface area contributed by atoms with E-state index in [1.807, 2.05) is 19.9 Å². The Morgan fingerprint density at radius 2 is 2.04 bits per heavy atom. The molecular weight excluding hydrogens is 338 g/mol. The molecule has 2 aromatic rings. The number of imidazole rings is 1. The van der Waals surface area contributed by atoms with Gasteiger partial charge in [0.15, 0.2) is 11.8 Å². The monoisotopic (exact) mass is 363 g/mol. The first-order valence-electron chi connectivity index (χ1n) is 8.70. The second-order valence-corrected chi connectivity index (χ2v) is 11.0. The van der Waals surface area contributed by atoms with Crippen molar-refractivity contribution in [2.24, 2.45) is 0 Å². The van der Waals surface area contributed by atoms with E-state index in [0.29, 0.717) is 24.9 Å². The number of nitrogens with one attached hydrogen (secondary N) is 1. The van der Waals surface area contributed by atoms with Crippen LogP contribution < -0.4 is 4.74 Å². The van der Waals surface area contributed by atoms with Crippen LogP contribution in [0.1, 0.15) is 32.0 Å². The van der Waals surface area contributed by atoms with E-state index in [-0.39, 0.29) is 23.4 Å². The summed E-state index contributed by atoms with van der Waals surface area (Å²) in [6.45, 7) is 11.5. The summed E-state index contributed by atoms with van der Waals surface area (Å²) in [7, 11) is -1.78. The van der Waals surface area contributed by atoms with Gasteiger partial charge in [0.2, 0.25) is 0 Å². The highest BCUT2D eigenvalue weighted by atomic mass is 28.3. The lowest BCUT2D eigenvalue weighted by Crippen LogP contribution is -2.52. The van der Waals surface area contributed by atoms with Gasteiger partial charge in [-0.2, -0.15) is 4.98 Å². The van der Waals surface area contributed by atoms with Crippen molar-refractivity contribution >= 4 is 20.4 Å². The highest BCUT2D eigenvalue weighted by Crippen LogP contribution is 2.35. The number of aromatic nitrogens is 3. The van der Waals surface area contributed by atoms with Crippen LogP contribution in [0.3, 0.4) is 0 Å². The number of ether oxygens (including phenoxy) is 2. The zero-order chi connectivity index (χ0) is 17.8. The molecule has 4 heterocycles. The second kappa shape index (κ2) is 6.05. The molecule has 0 spiro atoms. The standard InChI is InChI=1S/C17H25N3O4Si/c1-9-6-11-15(18-10(9)2)20-16(19-11)23-13-7-21-12-8-22-25(17(3,4)5)24-14(12)13/h6,12-14,25H,7-8H2,1-5H3,(H,18,19,20)/t12-,13+,14-,25?/m0/s1. The summed E-state index contributed by atoms with van der Waals surface area (Å²) in [6.07, 6.45) is -0.355. The van der Waals surface area contributed by atoms with E-state index >= 15 is 0 Å². The largest absolute Gasteiger partial charge is 0.456 e. The molecule has 8 heteroatoms. The van der Waals surface area contributed by atoms with Gasteiger partial charge in [0, 0.05) is 10.7 Å². The lowest BCUT2D eigenvalue weighted by atomic mass is 10.1. The molecular formula is C17H25N3O4Si. The average Bonchev–Trinajstić information content (AvgIpc) is 3.11. The molecule has 4 atom stereocenters. The molecule has 25 heavy (non-hydrogen) atoms. The molecule has 2 aromatic heterocycles. The van der Waals surface area contributed by atoms with E-state index in [4.69, 9.17) is 18.3 Å². The van der Waals surface area contributed by atoms with Crippen molar-refractivity contribution in [3.05, 3.63) is 17.3 Å². The quantitative estimate of drug-likeness (QED) is 0.824. The number of nitrogens with zero attached hydrogens (tertiary/aromatic N) is 2. The topological polar surface area (TPSA) is 78.5 Å². The molecule has 0 aliphatic carbocycles. The first kappa shape index (κ1) is 17.0. The SMILES string of the molecule is Cc1cc2[nH]c(O[C@@H]3CO[C@H]4CO[SiH](C(C)(C)C)O[C@@H]43)nc2nc1C. The Hall–Kier alpha value is -1.48. The fourth-order valence-electron chi connectivity index (χ4n) is 3.19. The number of fused-ring (bicyclic) bond motifs is 2. The number of aryl methyl sites for hydroxylation is 2. The Labute approximate surface area is 148 Å². The van der Waals surface area contributed by atoms with Crippen LogP contribution in [0, 0.1) is 13.8 Å². The minimum atomic E-state index is -1.78. The third kappa shape index (κ3) is 3.19. The van der Waals surface area contributed by atoms with Gasteiger partial charge in [-0.15, -0.1) is 0 Å². The lowest BCUT2D eigenvalue weighted by molar-refractivity contribution is -0.0452. The number of hydrogen-bond acceptors (Lipinski definition) is 6.